The molecular formula is C15H17FO4. The predicted octanol–water partition coefficient (Wildman–Crippen LogP) is 2.69. The molecule has 2 rings (SSSR count). The molecule has 1 fully saturated rings. The second-order valence-corrected chi connectivity index (χ2v) is 5.18. The number of hydrogen-bond donors (Lipinski definition) is 1. The number of ketones is 1. The Balaban J connectivity index is 2.05. The highest BCUT2D eigenvalue weighted by molar-refractivity contribution is 6.32. The van der Waals surface area contributed by atoms with Crippen molar-refractivity contribution in [2.24, 2.45) is 0 Å². The van der Waals surface area contributed by atoms with Gasteiger partial charge in [0.05, 0.1) is 7.11 Å². The number of Topliss-reactive ketones (excluding diaryl/α,β-unsaturated/α-hetero) is 1. The molecule has 0 saturated heterocycles. The van der Waals surface area contributed by atoms with Crippen molar-refractivity contribution >= 4 is 11.8 Å². The Morgan fingerprint density at radius 3 is 2.65 bits per heavy atom. The summed E-state index contributed by atoms with van der Waals surface area (Å²) in [5, 5.41) is 8.53. The average Bonchev–Trinajstić information content (AvgIpc) is 3.19. The molecule has 5 heteroatoms. The summed E-state index contributed by atoms with van der Waals surface area (Å²) in [6, 6.07) is 5.06. The normalized spacial score (nSPS) is 15.7. The van der Waals surface area contributed by atoms with E-state index in [0.29, 0.717) is 18.4 Å². The van der Waals surface area contributed by atoms with Crippen LogP contribution in [-0.4, -0.2) is 24.0 Å². The lowest BCUT2D eigenvalue weighted by Gasteiger charge is -2.17. The van der Waals surface area contributed by atoms with E-state index in [-0.39, 0.29) is 23.4 Å². The van der Waals surface area contributed by atoms with Crippen LogP contribution in [-0.2, 0) is 15.0 Å². The maximum absolute atomic E-state index is 14.2. The van der Waals surface area contributed by atoms with Gasteiger partial charge in [-0.25, -0.2) is 9.18 Å². The van der Waals surface area contributed by atoms with E-state index in [0.717, 1.165) is 12.8 Å². The Kier molecular flexibility index (Phi) is 4.06. The van der Waals surface area contributed by atoms with Gasteiger partial charge in [0.2, 0.25) is 5.78 Å². The lowest BCUT2D eigenvalue weighted by atomic mass is 9.89. The number of hydrogen-bond acceptors (Lipinski definition) is 3. The van der Waals surface area contributed by atoms with Crippen LogP contribution in [0.15, 0.2) is 18.2 Å². The first-order valence-corrected chi connectivity index (χ1v) is 6.59. The quantitative estimate of drug-likeness (QED) is 0.780. The van der Waals surface area contributed by atoms with E-state index >= 15 is 0 Å². The van der Waals surface area contributed by atoms with Gasteiger partial charge in [0, 0.05) is 6.42 Å². The van der Waals surface area contributed by atoms with Crippen molar-refractivity contribution in [2.45, 2.75) is 37.5 Å². The van der Waals surface area contributed by atoms with Crippen molar-refractivity contribution in [3.8, 4) is 5.75 Å². The van der Waals surface area contributed by atoms with E-state index in [2.05, 4.69) is 0 Å². The molecule has 0 amide bonds. The number of methoxy groups -OCH3 is 1. The molecule has 0 spiro atoms. The first kappa shape index (κ1) is 14.5. The van der Waals surface area contributed by atoms with E-state index in [1.165, 1.54) is 7.11 Å². The van der Waals surface area contributed by atoms with Crippen molar-refractivity contribution in [1.82, 2.24) is 0 Å². The largest absolute Gasteiger partial charge is 0.494 e. The van der Waals surface area contributed by atoms with Crippen LogP contribution in [0, 0.1) is 5.82 Å². The Labute approximate surface area is 116 Å². The van der Waals surface area contributed by atoms with Crippen molar-refractivity contribution in [3.63, 3.8) is 0 Å². The molecule has 0 aromatic heterocycles. The van der Waals surface area contributed by atoms with Crippen LogP contribution < -0.4 is 4.74 Å². The summed E-state index contributed by atoms with van der Waals surface area (Å²) in [6.07, 6.45) is 2.80. The molecule has 108 valence electrons. The van der Waals surface area contributed by atoms with Crippen molar-refractivity contribution < 1.29 is 23.8 Å². The van der Waals surface area contributed by atoms with Crippen LogP contribution in [0.5, 0.6) is 5.75 Å². The third kappa shape index (κ3) is 2.81. The number of rotatable bonds is 7. The minimum absolute atomic E-state index is 0.00265. The first-order valence-electron chi connectivity index (χ1n) is 6.59. The van der Waals surface area contributed by atoms with E-state index in [1.807, 2.05) is 0 Å². The molecule has 0 aliphatic heterocycles. The molecular weight excluding hydrogens is 263 g/mol. The summed E-state index contributed by atoms with van der Waals surface area (Å²) in [6.45, 7) is 0. The summed E-state index contributed by atoms with van der Waals surface area (Å²) in [4.78, 5) is 21.5. The summed E-state index contributed by atoms with van der Waals surface area (Å²) in [5.41, 5.74) is 0.358. The summed E-state index contributed by atoms with van der Waals surface area (Å²) >= 11 is 0. The zero-order valence-electron chi connectivity index (χ0n) is 11.3. The fourth-order valence-corrected chi connectivity index (χ4v) is 2.58. The highest BCUT2D eigenvalue weighted by Gasteiger charge is 2.45. The van der Waals surface area contributed by atoms with Crippen LogP contribution in [0.1, 0.15) is 37.7 Å². The monoisotopic (exact) mass is 280 g/mol. The maximum atomic E-state index is 14.2. The molecule has 1 aliphatic rings. The topological polar surface area (TPSA) is 63.6 Å². The van der Waals surface area contributed by atoms with Gasteiger partial charge in [0.25, 0.3) is 0 Å². The van der Waals surface area contributed by atoms with Gasteiger partial charge in [-0.1, -0.05) is 12.1 Å². The van der Waals surface area contributed by atoms with Gasteiger partial charge in [-0.3, -0.25) is 4.79 Å². The maximum Gasteiger partial charge on any atom is 0.372 e. The number of aliphatic carboxylic acids is 1. The van der Waals surface area contributed by atoms with Gasteiger partial charge < -0.3 is 9.84 Å². The SMILES string of the molecule is COc1cccc(C2(CCCC(=O)C(=O)O)CC2)c1F. The highest BCUT2D eigenvalue weighted by Crippen LogP contribution is 2.53. The molecule has 0 radical (unpaired) electrons. The zero-order chi connectivity index (χ0) is 14.8. The van der Waals surface area contributed by atoms with Crippen molar-refractivity contribution in [2.75, 3.05) is 7.11 Å². The van der Waals surface area contributed by atoms with E-state index < -0.39 is 11.8 Å². The third-order valence-corrected chi connectivity index (χ3v) is 3.91. The first-order chi connectivity index (χ1) is 9.50. The van der Waals surface area contributed by atoms with Crippen LogP contribution in [0.2, 0.25) is 0 Å². The van der Waals surface area contributed by atoms with Crippen LogP contribution in [0.3, 0.4) is 0 Å². The summed E-state index contributed by atoms with van der Waals surface area (Å²) in [7, 11) is 1.42. The second kappa shape index (κ2) is 5.61. The number of carboxylic acids is 1. The number of benzene rings is 1. The van der Waals surface area contributed by atoms with E-state index in [9.17, 15) is 14.0 Å². The Bertz CT molecular complexity index is 535. The highest BCUT2D eigenvalue weighted by atomic mass is 19.1. The minimum atomic E-state index is -1.40. The zero-order valence-corrected chi connectivity index (χ0v) is 11.3. The molecule has 1 N–H and O–H groups in total. The minimum Gasteiger partial charge on any atom is -0.494 e. The lowest BCUT2D eigenvalue weighted by Crippen LogP contribution is -2.14. The Hall–Kier alpha value is -1.91. The number of halogens is 1. The number of ether oxygens (including phenoxy) is 1. The van der Waals surface area contributed by atoms with Gasteiger partial charge in [-0.2, -0.15) is 0 Å². The van der Waals surface area contributed by atoms with Gasteiger partial charge in [-0.15, -0.1) is 0 Å². The van der Waals surface area contributed by atoms with Gasteiger partial charge in [0.15, 0.2) is 11.6 Å². The van der Waals surface area contributed by atoms with Gasteiger partial charge in [0.1, 0.15) is 0 Å². The number of carbonyl (C=O) groups excluding carboxylic acids is 1. The van der Waals surface area contributed by atoms with Crippen molar-refractivity contribution in [1.29, 1.82) is 0 Å². The standard InChI is InChI=1S/C15H17FO4/c1-20-12-6-2-4-10(13(12)16)15(8-9-15)7-3-5-11(17)14(18)19/h2,4,6H,3,5,7-9H2,1H3,(H,18,19). The molecule has 0 heterocycles. The van der Waals surface area contributed by atoms with E-state index in [4.69, 9.17) is 9.84 Å². The van der Waals surface area contributed by atoms with Gasteiger partial charge >= 0.3 is 5.97 Å². The second-order valence-electron chi connectivity index (χ2n) is 5.18. The molecule has 1 saturated carbocycles. The Morgan fingerprint density at radius 1 is 1.40 bits per heavy atom. The smallest absolute Gasteiger partial charge is 0.372 e. The fraction of sp³-hybridized carbons (Fsp3) is 0.467. The van der Waals surface area contributed by atoms with Gasteiger partial charge in [-0.05, 0) is 42.7 Å². The average molecular weight is 280 g/mol. The molecule has 0 unspecified atom stereocenters. The molecule has 4 nitrogen and oxygen atoms in total. The predicted molar refractivity (Wildman–Crippen MR) is 70.4 cm³/mol. The molecule has 0 bridgehead atoms. The molecule has 1 aromatic carbocycles. The Morgan fingerprint density at radius 2 is 2.10 bits per heavy atom. The van der Waals surface area contributed by atoms with Crippen LogP contribution in [0.4, 0.5) is 4.39 Å². The molecule has 1 aromatic rings. The summed E-state index contributed by atoms with van der Waals surface area (Å²) in [5.74, 6) is -2.32. The molecule has 20 heavy (non-hydrogen) atoms. The molecule has 1 aliphatic carbocycles. The van der Waals surface area contributed by atoms with Crippen molar-refractivity contribution in [3.05, 3.63) is 29.6 Å². The van der Waals surface area contributed by atoms with Crippen LogP contribution >= 0.6 is 0 Å². The number of carboxylic acid groups (broad SMARTS) is 1. The number of carbonyl (C=O) groups is 2. The fourth-order valence-electron chi connectivity index (χ4n) is 2.58. The third-order valence-electron chi connectivity index (χ3n) is 3.91. The lowest BCUT2D eigenvalue weighted by molar-refractivity contribution is -0.149. The van der Waals surface area contributed by atoms with E-state index in [1.54, 1.807) is 18.2 Å². The van der Waals surface area contributed by atoms with Crippen LogP contribution in [0.25, 0.3) is 0 Å². The molecule has 0 atom stereocenters. The summed E-state index contributed by atoms with van der Waals surface area (Å²) < 4.78 is 19.2.